The molecule has 0 aromatic rings. The summed E-state index contributed by atoms with van der Waals surface area (Å²) in [5.74, 6) is 2.85. The highest BCUT2D eigenvalue weighted by molar-refractivity contribution is 6.90. The van der Waals surface area contributed by atoms with Gasteiger partial charge in [-0.3, -0.25) is 0 Å². The summed E-state index contributed by atoms with van der Waals surface area (Å²) in [6.07, 6.45) is 0.247. The Morgan fingerprint density at radius 1 is 0.875 bits per heavy atom. The molecule has 1 rings (SSSR count). The van der Waals surface area contributed by atoms with E-state index in [-0.39, 0.29) is 5.92 Å². The van der Waals surface area contributed by atoms with Crippen molar-refractivity contribution in [1.29, 1.82) is 0 Å². The van der Waals surface area contributed by atoms with Crippen molar-refractivity contribution in [2.24, 2.45) is 11.8 Å². The molecule has 0 aromatic carbocycles. The van der Waals surface area contributed by atoms with Gasteiger partial charge < -0.3 is 0 Å². The van der Waals surface area contributed by atoms with Crippen molar-refractivity contribution in [3.63, 3.8) is 0 Å². The van der Waals surface area contributed by atoms with Crippen LogP contribution in [-0.4, -0.2) is 14.3 Å². The Morgan fingerprint density at radius 3 is 1.71 bits per heavy atom. The van der Waals surface area contributed by atoms with Crippen molar-refractivity contribution in [2.75, 3.05) is 0 Å². The van der Waals surface area contributed by atoms with Crippen molar-refractivity contribution >= 4 is 8.07 Å². The van der Waals surface area contributed by atoms with E-state index in [2.05, 4.69) is 53.0 Å². The number of hydrogen-bond acceptors (Lipinski definition) is 0. The lowest BCUT2D eigenvalue weighted by atomic mass is 9.79. The zero-order valence-corrected chi connectivity index (χ0v) is 17.3. The van der Waals surface area contributed by atoms with Crippen LogP contribution in [0.2, 0.25) is 16.6 Å². The van der Waals surface area contributed by atoms with Gasteiger partial charge in [0.25, 0.3) is 0 Å². The molecule has 0 radical (unpaired) electrons. The Balaban J connectivity index is 3.17. The number of hydrogen-bond donors (Lipinski definition) is 0. The molecule has 1 atom stereocenters. The minimum Gasteiger partial charge on any atom is -0.171 e. The Kier molecular flexibility index (Phi) is 7.91. The van der Waals surface area contributed by atoms with Crippen LogP contribution in [0, 0.1) is 23.3 Å². The molecular weight excluding hydrogens is 325 g/mol. The standard InChI is InChI=1S/C20H35F3Si/c1-15(2)24(16(3)4,17(5)6)13-12-19(14-20(21,22)23)18-10-8-7-9-11-18/h15-19H,7-11,14H2,1-6H3. The average Bonchev–Trinajstić information content (AvgIpc) is 2.45. The Morgan fingerprint density at radius 2 is 1.33 bits per heavy atom. The molecule has 0 saturated heterocycles. The first-order valence-corrected chi connectivity index (χ1v) is 11.8. The van der Waals surface area contributed by atoms with E-state index in [1.165, 1.54) is 0 Å². The maximum atomic E-state index is 13.1. The number of alkyl halides is 3. The van der Waals surface area contributed by atoms with E-state index in [0.717, 1.165) is 32.1 Å². The molecular formula is C20H35F3Si. The maximum absolute atomic E-state index is 13.1. The van der Waals surface area contributed by atoms with Crippen molar-refractivity contribution in [1.82, 2.24) is 0 Å². The highest BCUT2D eigenvalue weighted by atomic mass is 28.3. The van der Waals surface area contributed by atoms with Crippen LogP contribution in [0.1, 0.15) is 80.1 Å². The van der Waals surface area contributed by atoms with Crippen LogP contribution >= 0.6 is 0 Å². The van der Waals surface area contributed by atoms with Crippen LogP contribution in [0.25, 0.3) is 0 Å². The smallest absolute Gasteiger partial charge is 0.171 e. The van der Waals surface area contributed by atoms with Gasteiger partial charge in [-0.25, -0.2) is 0 Å². The Hall–Kier alpha value is -0.433. The summed E-state index contributed by atoms with van der Waals surface area (Å²) in [6, 6.07) is 0. The lowest BCUT2D eigenvalue weighted by Crippen LogP contribution is -2.43. The maximum Gasteiger partial charge on any atom is 0.390 e. The van der Waals surface area contributed by atoms with Crippen LogP contribution in [0.15, 0.2) is 0 Å². The van der Waals surface area contributed by atoms with E-state index in [0.29, 0.717) is 16.6 Å². The lowest BCUT2D eigenvalue weighted by Gasteiger charge is -2.38. The third kappa shape index (κ3) is 5.54. The molecule has 0 nitrogen and oxygen atoms in total. The fraction of sp³-hybridized carbons (Fsp3) is 0.900. The Labute approximate surface area is 148 Å². The highest BCUT2D eigenvalue weighted by Gasteiger charge is 2.42. The third-order valence-electron chi connectivity index (χ3n) is 6.01. The third-order valence-corrected chi connectivity index (χ3v) is 12.3. The SMILES string of the molecule is CC(C)[Si](C#CC(CC(F)(F)F)C1CCCCC1)(C(C)C)C(C)C. The number of halogens is 3. The van der Waals surface area contributed by atoms with Crippen LogP contribution in [0.4, 0.5) is 13.2 Å². The first-order chi connectivity index (χ1) is 11.0. The zero-order chi connectivity index (χ0) is 18.5. The second-order valence-corrected chi connectivity index (χ2v) is 14.1. The summed E-state index contributed by atoms with van der Waals surface area (Å²) >= 11 is 0. The molecule has 1 aliphatic carbocycles. The molecule has 0 amide bonds. The van der Waals surface area contributed by atoms with Crippen LogP contribution in [0.3, 0.4) is 0 Å². The quantitative estimate of drug-likeness (QED) is 0.355. The van der Waals surface area contributed by atoms with Gasteiger partial charge in [-0.05, 0) is 35.4 Å². The predicted molar refractivity (Wildman–Crippen MR) is 99.6 cm³/mol. The Bertz CT molecular complexity index is 412. The molecule has 1 saturated carbocycles. The molecule has 0 bridgehead atoms. The molecule has 0 spiro atoms. The normalized spacial score (nSPS) is 18.8. The van der Waals surface area contributed by atoms with Gasteiger partial charge in [-0.2, -0.15) is 13.2 Å². The van der Waals surface area contributed by atoms with Gasteiger partial charge in [0, 0.05) is 5.92 Å². The van der Waals surface area contributed by atoms with E-state index in [1.54, 1.807) is 0 Å². The second kappa shape index (κ2) is 8.78. The molecule has 0 N–H and O–H groups in total. The monoisotopic (exact) mass is 360 g/mol. The minimum atomic E-state index is -4.12. The molecule has 0 aromatic heterocycles. The van der Waals surface area contributed by atoms with E-state index in [9.17, 15) is 13.2 Å². The van der Waals surface area contributed by atoms with Gasteiger partial charge in [0.1, 0.15) is 8.07 Å². The van der Waals surface area contributed by atoms with Crippen molar-refractivity contribution in [3.05, 3.63) is 0 Å². The molecule has 1 unspecified atom stereocenters. The first kappa shape index (κ1) is 21.6. The van der Waals surface area contributed by atoms with Gasteiger partial charge in [-0.1, -0.05) is 60.8 Å². The second-order valence-electron chi connectivity index (χ2n) is 8.49. The molecule has 0 aliphatic heterocycles. The molecule has 1 fully saturated rings. The average molecular weight is 361 g/mol. The molecule has 140 valence electrons. The van der Waals surface area contributed by atoms with Gasteiger partial charge in [0.05, 0.1) is 6.42 Å². The first-order valence-electron chi connectivity index (χ1n) is 9.60. The van der Waals surface area contributed by atoms with Crippen LogP contribution in [0.5, 0.6) is 0 Å². The van der Waals surface area contributed by atoms with E-state index in [4.69, 9.17) is 0 Å². The van der Waals surface area contributed by atoms with E-state index in [1.807, 2.05) is 0 Å². The fourth-order valence-corrected chi connectivity index (χ4v) is 10.1. The van der Waals surface area contributed by atoms with Crippen molar-refractivity contribution in [2.45, 2.75) is 103 Å². The summed E-state index contributed by atoms with van der Waals surface area (Å²) in [4.78, 5) is 0. The molecule has 1 aliphatic rings. The summed E-state index contributed by atoms with van der Waals surface area (Å²) < 4.78 is 39.3. The highest BCUT2D eigenvalue weighted by Crippen LogP contribution is 2.42. The van der Waals surface area contributed by atoms with E-state index < -0.39 is 26.6 Å². The van der Waals surface area contributed by atoms with Gasteiger partial charge in [0.15, 0.2) is 0 Å². The summed E-state index contributed by atoms with van der Waals surface area (Å²) in [5, 5.41) is 0. The van der Waals surface area contributed by atoms with Gasteiger partial charge in [0.2, 0.25) is 0 Å². The van der Waals surface area contributed by atoms with Crippen molar-refractivity contribution in [3.8, 4) is 11.5 Å². The molecule has 24 heavy (non-hydrogen) atoms. The van der Waals surface area contributed by atoms with Gasteiger partial charge in [-0.15, -0.1) is 11.5 Å². The molecule has 0 heterocycles. The van der Waals surface area contributed by atoms with Crippen molar-refractivity contribution < 1.29 is 13.2 Å². The number of rotatable bonds is 5. The van der Waals surface area contributed by atoms with Gasteiger partial charge >= 0.3 is 6.18 Å². The summed E-state index contributed by atoms with van der Waals surface area (Å²) in [7, 11) is -1.96. The molecule has 4 heteroatoms. The zero-order valence-electron chi connectivity index (χ0n) is 16.3. The van der Waals surface area contributed by atoms with E-state index >= 15 is 0 Å². The fourth-order valence-electron chi connectivity index (χ4n) is 4.77. The minimum absolute atomic E-state index is 0.131. The van der Waals surface area contributed by atoms with Crippen LogP contribution < -0.4 is 0 Å². The summed E-state index contributed by atoms with van der Waals surface area (Å²) in [5.41, 5.74) is 4.92. The largest absolute Gasteiger partial charge is 0.390 e. The lowest BCUT2D eigenvalue weighted by molar-refractivity contribution is -0.144. The summed E-state index contributed by atoms with van der Waals surface area (Å²) in [6.45, 7) is 13.3. The van der Waals surface area contributed by atoms with Crippen LogP contribution in [-0.2, 0) is 0 Å². The topological polar surface area (TPSA) is 0 Å². The predicted octanol–water partition coefficient (Wildman–Crippen LogP) is 7.36.